The summed E-state index contributed by atoms with van der Waals surface area (Å²) in [5, 5.41) is 0. The Balaban J connectivity index is 2.02. The van der Waals surface area contributed by atoms with E-state index in [0.29, 0.717) is 34.1 Å². The van der Waals surface area contributed by atoms with Crippen LogP contribution in [-0.2, 0) is 30.2 Å². The summed E-state index contributed by atoms with van der Waals surface area (Å²) in [5.41, 5.74) is 1.38. The molecular formula is C33H32N2O10. The molecule has 0 amide bonds. The molecule has 0 saturated heterocycles. The lowest BCUT2D eigenvalue weighted by Gasteiger charge is -2.22. The van der Waals surface area contributed by atoms with Gasteiger partial charge >= 0.3 is 17.9 Å². The van der Waals surface area contributed by atoms with Crippen molar-refractivity contribution in [2.24, 2.45) is 0 Å². The van der Waals surface area contributed by atoms with Crippen LogP contribution in [0.15, 0.2) is 66.7 Å². The molecule has 1 unspecified atom stereocenters. The van der Waals surface area contributed by atoms with Crippen LogP contribution >= 0.6 is 0 Å². The lowest BCUT2D eigenvalue weighted by atomic mass is 9.96. The van der Waals surface area contributed by atoms with Gasteiger partial charge < -0.3 is 33.2 Å². The zero-order valence-corrected chi connectivity index (χ0v) is 25.6. The summed E-state index contributed by atoms with van der Waals surface area (Å²) in [5.74, 6) is -0.811. The first-order chi connectivity index (χ1) is 21.7. The highest BCUT2D eigenvalue weighted by Gasteiger charge is 2.34. The van der Waals surface area contributed by atoms with Gasteiger partial charge in [0.05, 0.1) is 60.3 Å². The van der Waals surface area contributed by atoms with Gasteiger partial charge in [-0.05, 0) is 29.8 Å². The van der Waals surface area contributed by atoms with Crippen LogP contribution in [0, 0.1) is 0 Å². The number of carbonyl (C=O) groups is 3. The molecule has 1 heterocycles. The Hall–Kier alpha value is -5.65. The van der Waals surface area contributed by atoms with Crippen molar-refractivity contribution in [1.29, 1.82) is 0 Å². The number of nitrogens with zero attached hydrogens (tertiary/aromatic N) is 2. The third kappa shape index (κ3) is 7.47. The molecule has 12 nitrogen and oxygen atoms in total. The van der Waals surface area contributed by atoms with Crippen molar-refractivity contribution < 1.29 is 47.5 Å². The van der Waals surface area contributed by atoms with E-state index < -0.39 is 24.0 Å². The largest absolute Gasteiger partial charge is 0.497 e. The zero-order chi connectivity index (χ0) is 32.5. The van der Waals surface area contributed by atoms with Gasteiger partial charge in [0.1, 0.15) is 28.7 Å². The second kappa shape index (κ2) is 14.7. The summed E-state index contributed by atoms with van der Waals surface area (Å²) in [6, 6.07) is 18.3. The van der Waals surface area contributed by atoms with Crippen LogP contribution in [0.3, 0.4) is 0 Å². The second-order valence-electron chi connectivity index (χ2n) is 9.38. The first kappa shape index (κ1) is 32.3. The van der Waals surface area contributed by atoms with Crippen LogP contribution in [0.2, 0.25) is 0 Å². The van der Waals surface area contributed by atoms with E-state index in [-0.39, 0.29) is 34.8 Å². The smallest absolute Gasteiger partial charge is 0.353 e. The van der Waals surface area contributed by atoms with Crippen molar-refractivity contribution in [3.8, 4) is 45.5 Å². The van der Waals surface area contributed by atoms with E-state index in [0.717, 1.165) is 7.11 Å². The average molecular weight is 617 g/mol. The number of ether oxygens (including phenoxy) is 7. The van der Waals surface area contributed by atoms with Crippen molar-refractivity contribution in [3.05, 3.63) is 83.7 Å². The molecule has 1 aromatic heterocycles. The van der Waals surface area contributed by atoms with E-state index in [1.165, 1.54) is 47.7 Å². The molecular weight excluding hydrogens is 584 g/mol. The molecule has 4 aromatic rings. The summed E-state index contributed by atoms with van der Waals surface area (Å²) in [4.78, 5) is 49.2. The van der Waals surface area contributed by atoms with Crippen LogP contribution in [0.1, 0.15) is 27.8 Å². The van der Waals surface area contributed by atoms with Gasteiger partial charge in [-0.1, -0.05) is 30.3 Å². The minimum absolute atomic E-state index is 0.0387. The third-order valence-corrected chi connectivity index (χ3v) is 6.70. The molecule has 234 valence electrons. The number of carbonyl (C=O) groups excluding carboxylic acids is 3. The number of esters is 3. The minimum atomic E-state index is -1.71. The van der Waals surface area contributed by atoms with Crippen LogP contribution < -0.4 is 18.9 Å². The van der Waals surface area contributed by atoms with Gasteiger partial charge in [-0.3, -0.25) is 4.79 Å². The first-order valence-electron chi connectivity index (χ1n) is 13.5. The number of hydrogen-bond donors (Lipinski definition) is 0. The SMILES string of the molecule is COC(=O)Cc1nc(-c2ccccc2)nc(C(OC(=O)c2cc(OC)cc(OC)c2)C(=O)OC)c1-c1cc(OC)cc(OC)c1. The molecule has 0 radical (unpaired) electrons. The lowest BCUT2D eigenvalue weighted by Crippen LogP contribution is -2.24. The molecule has 0 saturated carbocycles. The molecule has 0 aliphatic carbocycles. The van der Waals surface area contributed by atoms with E-state index in [2.05, 4.69) is 0 Å². The van der Waals surface area contributed by atoms with Gasteiger partial charge in [0, 0.05) is 23.3 Å². The Morgan fingerprint density at radius 2 is 1.22 bits per heavy atom. The quantitative estimate of drug-likeness (QED) is 0.162. The molecule has 0 spiro atoms. The third-order valence-electron chi connectivity index (χ3n) is 6.70. The van der Waals surface area contributed by atoms with Gasteiger partial charge in [0.2, 0.25) is 6.10 Å². The highest BCUT2D eigenvalue weighted by molar-refractivity contribution is 5.93. The number of hydrogen-bond acceptors (Lipinski definition) is 12. The van der Waals surface area contributed by atoms with Gasteiger partial charge in [-0.15, -0.1) is 0 Å². The van der Waals surface area contributed by atoms with E-state index in [4.69, 9.17) is 43.1 Å². The van der Waals surface area contributed by atoms with Crippen LogP contribution in [0.5, 0.6) is 23.0 Å². The van der Waals surface area contributed by atoms with Crippen molar-refractivity contribution >= 4 is 17.9 Å². The first-order valence-corrected chi connectivity index (χ1v) is 13.5. The van der Waals surface area contributed by atoms with Gasteiger partial charge in [0.15, 0.2) is 5.82 Å². The molecule has 3 aromatic carbocycles. The Morgan fingerprint density at radius 3 is 1.73 bits per heavy atom. The van der Waals surface area contributed by atoms with E-state index in [1.54, 1.807) is 48.5 Å². The maximum atomic E-state index is 13.6. The van der Waals surface area contributed by atoms with Crippen molar-refractivity contribution in [2.75, 3.05) is 42.7 Å². The predicted molar refractivity (Wildman–Crippen MR) is 161 cm³/mol. The summed E-state index contributed by atoms with van der Waals surface area (Å²) in [6.45, 7) is 0. The Morgan fingerprint density at radius 1 is 0.667 bits per heavy atom. The number of rotatable bonds is 12. The Labute approximate surface area is 259 Å². The average Bonchev–Trinajstić information content (AvgIpc) is 3.09. The number of aromatic nitrogens is 2. The Bertz CT molecular complexity index is 1650. The molecule has 45 heavy (non-hydrogen) atoms. The van der Waals surface area contributed by atoms with Gasteiger partial charge in [-0.25, -0.2) is 19.6 Å². The molecule has 12 heteroatoms. The standard InChI is InChI=1S/C33H32N2O10/c1-39-22-12-20(13-23(16-22)40-2)28-26(18-27(36)43-5)34-31(19-10-8-7-9-11-19)35-29(28)30(33(38)44-6)45-32(37)21-14-24(41-3)17-25(15-21)42-4/h7-17,30H,18H2,1-6H3. The second-order valence-corrected chi connectivity index (χ2v) is 9.38. The molecule has 0 N–H and O–H groups in total. The highest BCUT2D eigenvalue weighted by atomic mass is 16.6. The number of methoxy groups -OCH3 is 6. The monoisotopic (exact) mass is 616 g/mol. The predicted octanol–water partition coefficient (Wildman–Crippen LogP) is 4.63. The van der Waals surface area contributed by atoms with E-state index >= 15 is 0 Å². The van der Waals surface area contributed by atoms with Crippen LogP contribution in [0.4, 0.5) is 0 Å². The van der Waals surface area contributed by atoms with E-state index in [9.17, 15) is 14.4 Å². The summed E-state index contributed by atoms with van der Waals surface area (Å²) in [7, 11) is 8.23. The highest BCUT2D eigenvalue weighted by Crippen LogP contribution is 2.38. The minimum Gasteiger partial charge on any atom is -0.497 e. The molecule has 0 bridgehead atoms. The summed E-state index contributed by atoms with van der Waals surface area (Å²) >= 11 is 0. The molecule has 0 aliphatic rings. The Kier molecular flexibility index (Phi) is 10.5. The van der Waals surface area contributed by atoms with Crippen molar-refractivity contribution in [1.82, 2.24) is 9.97 Å². The van der Waals surface area contributed by atoms with Crippen LogP contribution in [0.25, 0.3) is 22.5 Å². The van der Waals surface area contributed by atoms with Gasteiger partial charge in [0.25, 0.3) is 0 Å². The summed E-state index contributed by atoms with van der Waals surface area (Å²) in [6.07, 6.45) is -2.02. The lowest BCUT2D eigenvalue weighted by molar-refractivity contribution is -0.151. The summed E-state index contributed by atoms with van der Waals surface area (Å²) < 4.78 is 37.4. The topological polar surface area (TPSA) is 142 Å². The fourth-order valence-electron chi connectivity index (χ4n) is 4.46. The molecule has 0 fully saturated rings. The maximum absolute atomic E-state index is 13.6. The zero-order valence-electron chi connectivity index (χ0n) is 25.6. The molecule has 1 atom stereocenters. The molecule has 0 aliphatic heterocycles. The van der Waals surface area contributed by atoms with Crippen molar-refractivity contribution in [3.63, 3.8) is 0 Å². The van der Waals surface area contributed by atoms with Gasteiger partial charge in [-0.2, -0.15) is 0 Å². The molecule has 4 rings (SSSR count). The fourth-order valence-corrected chi connectivity index (χ4v) is 4.46. The number of benzene rings is 3. The maximum Gasteiger partial charge on any atom is 0.353 e. The normalized spacial score (nSPS) is 11.2. The van der Waals surface area contributed by atoms with E-state index in [1.807, 2.05) is 6.07 Å². The van der Waals surface area contributed by atoms with Crippen LogP contribution in [-0.4, -0.2) is 70.5 Å². The van der Waals surface area contributed by atoms with Crippen molar-refractivity contribution in [2.45, 2.75) is 12.5 Å². The fraction of sp³-hybridized carbons (Fsp3) is 0.242.